The van der Waals surface area contributed by atoms with Gasteiger partial charge in [-0.3, -0.25) is 4.90 Å². The molecular formula is C15H29NO. The van der Waals surface area contributed by atoms with Crippen LogP contribution in [-0.4, -0.2) is 35.2 Å². The van der Waals surface area contributed by atoms with E-state index >= 15 is 0 Å². The first-order valence-corrected chi connectivity index (χ1v) is 7.54. The summed E-state index contributed by atoms with van der Waals surface area (Å²) in [7, 11) is 0. The summed E-state index contributed by atoms with van der Waals surface area (Å²) in [5.74, 6) is 2.49. The Bertz CT molecular complexity index is 241. The molecule has 2 fully saturated rings. The van der Waals surface area contributed by atoms with Crippen molar-refractivity contribution in [3.63, 3.8) is 0 Å². The van der Waals surface area contributed by atoms with Crippen LogP contribution < -0.4 is 0 Å². The molecule has 1 saturated heterocycles. The monoisotopic (exact) mass is 239 g/mol. The Morgan fingerprint density at radius 1 is 1.24 bits per heavy atom. The maximum atomic E-state index is 10.2. The van der Waals surface area contributed by atoms with E-state index in [1.807, 2.05) is 0 Å². The molecule has 100 valence electrons. The number of aliphatic hydroxyl groups is 1. The van der Waals surface area contributed by atoms with Crippen LogP contribution in [0.3, 0.4) is 0 Å². The lowest BCUT2D eigenvalue weighted by Gasteiger charge is -2.39. The minimum atomic E-state index is -0.0660. The quantitative estimate of drug-likeness (QED) is 0.818. The summed E-state index contributed by atoms with van der Waals surface area (Å²) in [5.41, 5.74) is 0. The third-order valence-electron chi connectivity index (χ3n) is 5.13. The molecule has 0 radical (unpaired) electrons. The van der Waals surface area contributed by atoms with Crippen LogP contribution >= 0.6 is 0 Å². The Morgan fingerprint density at radius 2 is 2.00 bits per heavy atom. The number of nitrogens with zero attached hydrogens (tertiary/aromatic N) is 1. The van der Waals surface area contributed by atoms with Crippen LogP contribution in [0.1, 0.15) is 52.9 Å². The molecule has 0 amide bonds. The topological polar surface area (TPSA) is 23.5 Å². The Morgan fingerprint density at radius 3 is 2.59 bits per heavy atom. The van der Waals surface area contributed by atoms with Crippen molar-refractivity contribution >= 4 is 0 Å². The van der Waals surface area contributed by atoms with Crippen molar-refractivity contribution in [3.8, 4) is 0 Å². The van der Waals surface area contributed by atoms with Gasteiger partial charge in [-0.25, -0.2) is 0 Å². The second kappa shape index (κ2) is 5.71. The van der Waals surface area contributed by atoms with E-state index in [0.29, 0.717) is 6.04 Å². The highest BCUT2D eigenvalue weighted by atomic mass is 16.3. The van der Waals surface area contributed by atoms with E-state index in [0.717, 1.165) is 24.2 Å². The molecule has 4 unspecified atom stereocenters. The lowest BCUT2D eigenvalue weighted by atomic mass is 9.81. The predicted octanol–water partition coefficient (Wildman–Crippen LogP) is 2.90. The van der Waals surface area contributed by atoms with Crippen molar-refractivity contribution in [2.45, 2.75) is 65.0 Å². The highest BCUT2D eigenvalue weighted by Crippen LogP contribution is 2.34. The zero-order valence-corrected chi connectivity index (χ0v) is 11.7. The van der Waals surface area contributed by atoms with Crippen LogP contribution in [-0.2, 0) is 0 Å². The molecule has 2 heteroatoms. The highest BCUT2D eigenvalue weighted by molar-refractivity contribution is 4.90. The van der Waals surface area contributed by atoms with Gasteiger partial charge in [0, 0.05) is 12.6 Å². The molecule has 1 N–H and O–H groups in total. The number of aliphatic hydroxyl groups excluding tert-OH is 1. The Kier molecular flexibility index (Phi) is 4.48. The van der Waals surface area contributed by atoms with E-state index in [1.54, 1.807) is 0 Å². The summed E-state index contributed by atoms with van der Waals surface area (Å²) in [6, 6.07) is 0.456. The van der Waals surface area contributed by atoms with Gasteiger partial charge in [0.15, 0.2) is 0 Å². The van der Waals surface area contributed by atoms with Gasteiger partial charge < -0.3 is 5.11 Å². The largest absolute Gasteiger partial charge is 0.391 e. The Balaban J connectivity index is 1.92. The fourth-order valence-electron chi connectivity index (χ4n) is 3.64. The normalized spacial score (nSPS) is 40.1. The van der Waals surface area contributed by atoms with Crippen LogP contribution in [0.15, 0.2) is 0 Å². The van der Waals surface area contributed by atoms with Crippen LogP contribution in [0, 0.1) is 17.8 Å². The highest BCUT2D eigenvalue weighted by Gasteiger charge is 2.36. The molecular weight excluding hydrogens is 210 g/mol. The van der Waals surface area contributed by atoms with Gasteiger partial charge in [0.2, 0.25) is 0 Å². The molecule has 17 heavy (non-hydrogen) atoms. The van der Waals surface area contributed by atoms with Gasteiger partial charge in [0.05, 0.1) is 6.10 Å². The van der Waals surface area contributed by atoms with Crippen molar-refractivity contribution < 1.29 is 5.11 Å². The van der Waals surface area contributed by atoms with E-state index in [1.165, 1.54) is 38.8 Å². The van der Waals surface area contributed by atoms with Crippen LogP contribution in [0.2, 0.25) is 0 Å². The van der Waals surface area contributed by atoms with Gasteiger partial charge in [0.25, 0.3) is 0 Å². The summed E-state index contributed by atoms with van der Waals surface area (Å²) >= 11 is 0. The smallest absolute Gasteiger partial charge is 0.0695 e. The lowest BCUT2D eigenvalue weighted by Crippen LogP contribution is -2.46. The zero-order chi connectivity index (χ0) is 12.4. The van der Waals surface area contributed by atoms with Crippen molar-refractivity contribution in [1.82, 2.24) is 4.90 Å². The summed E-state index contributed by atoms with van der Waals surface area (Å²) in [6.07, 6.45) is 6.02. The van der Waals surface area contributed by atoms with Gasteiger partial charge in [-0.05, 0) is 50.0 Å². The van der Waals surface area contributed by atoms with Crippen LogP contribution in [0.4, 0.5) is 0 Å². The van der Waals surface area contributed by atoms with Crippen molar-refractivity contribution in [2.75, 3.05) is 13.1 Å². The van der Waals surface area contributed by atoms with E-state index in [2.05, 4.69) is 25.7 Å². The molecule has 1 heterocycles. The number of rotatable bonds is 3. The van der Waals surface area contributed by atoms with Crippen LogP contribution in [0.5, 0.6) is 0 Å². The van der Waals surface area contributed by atoms with E-state index in [4.69, 9.17) is 0 Å². The first-order chi connectivity index (χ1) is 8.11. The fraction of sp³-hybridized carbons (Fsp3) is 1.00. The number of likely N-dealkylation sites (tertiary alicyclic amines) is 1. The van der Waals surface area contributed by atoms with Crippen LogP contribution in [0.25, 0.3) is 0 Å². The molecule has 0 aromatic rings. The third-order valence-corrected chi connectivity index (χ3v) is 5.13. The molecule has 1 aliphatic carbocycles. The summed E-state index contributed by atoms with van der Waals surface area (Å²) in [4.78, 5) is 2.58. The maximum absolute atomic E-state index is 10.2. The van der Waals surface area contributed by atoms with Gasteiger partial charge in [-0.1, -0.05) is 27.2 Å². The Labute approximate surface area is 106 Å². The number of hydrogen-bond acceptors (Lipinski definition) is 2. The van der Waals surface area contributed by atoms with Crippen molar-refractivity contribution in [2.24, 2.45) is 17.8 Å². The second-order valence-electron chi connectivity index (χ2n) is 6.51. The molecule has 1 saturated carbocycles. The average Bonchev–Trinajstić information content (AvgIpc) is 2.79. The van der Waals surface area contributed by atoms with Gasteiger partial charge in [0.1, 0.15) is 0 Å². The minimum Gasteiger partial charge on any atom is -0.391 e. The van der Waals surface area contributed by atoms with E-state index < -0.39 is 0 Å². The SMILES string of the molecule is CCC1CCC(O)C(N2CCC(C(C)C)C2)C1. The maximum Gasteiger partial charge on any atom is 0.0695 e. The molecule has 2 nitrogen and oxygen atoms in total. The Hall–Kier alpha value is -0.0800. The van der Waals surface area contributed by atoms with Gasteiger partial charge in [-0.2, -0.15) is 0 Å². The second-order valence-corrected chi connectivity index (χ2v) is 6.51. The molecule has 0 aromatic carbocycles. The molecule has 2 aliphatic rings. The predicted molar refractivity (Wildman–Crippen MR) is 71.9 cm³/mol. The van der Waals surface area contributed by atoms with E-state index in [9.17, 15) is 5.11 Å². The zero-order valence-electron chi connectivity index (χ0n) is 11.7. The third kappa shape index (κ3) is 3.03. The van der Waals surface area contributed by atoms with Gasteiger partial charge >= 0.3 is 0 Å². The minimum absolute atomic E-state index is 0.0660. The average molecular weight is 239 g/mol. The fourth-order valence-corrected chi connectivity index (χ4v) is 3.64. The summed E-state index contributed by atoms with van der Waals surface area (Å²) < 4.78 is 0. The molecule has 0 aromatic heterocycles. The molecule has 4 atom stereocenters. The lowest BCUT2D eigenvalue weighted by molar-refractivity contribution is 0.0103. The number of hydrogen-bond donors (Lipinski definition) is 1. The molecule has 1 aliphatic heterocycles. The van der Waals surface area contributed by atoms with Gasteiger partial charge in [-0.15, -0.1) is 0 Å². The summed E-state index contributed by atoms with van der Waals surface area (Å²) in [5, 5.41) is 10.2. The molecule has 0 spiro atoms. The summed E-state index contributed by atoms with van der Waals surface area (Å²) in [6.45, 7) is 9.39. The van der Waals surface area contributed by atoms with Crippen molar-refractivity contribution in [3.05, 3.63) is 0 Å². The standard InChI is InChI=1S/C15H29NO/c1-4-12-5-6-15(17)14(9-12)16-8-7-13(10-16)11(2)3/h11-15,17H,4-10H2,1-3H3. The van der Waals surface area contributed by atoms with E-state index in [-0.39, 0.29) is 6.10 Å². The first kappa shape index (κ1) is 13.4. The molecule has 2 rings (SSSR count). The molecule has 0 bridgehead atoms. The van der Waals surface area contributed by atoms with Crippen molar-refractivity contribution in [1.29, 1.82) is 0 Å². The first-order valence-electron chi connectivity index (χ1n) is 7.54.